The van der Waals surface area contributed by atoms with Crippen molar-refractivity contribution in [2.24, 2.45) is 0 Å². The van der Waals surface area contributed by atoms with Crippen molar-refractivity contribution in [3.63, 3.8) is 0 Å². The molecule has 82 valence electrons. The molecule has 1 heterocycles. The van der Waals surface area contributed by atoms with Gasteiger partial charge in [-0.2, -0.15) is 0 Å². The van der Waals surface area contributed by atoms with Crippen LogP contribution in [0.5, 0.6) is 0 Å². The van der Waals surface area contributed by atoms with Crippen LogP contribution in [0, 0.1) is 0 Å². The summed E-state index contributed by atoms with van der Waals surface area (Å²) >= 11 is 0. The number of furan rings is 1. The third kappa shape index (κ3) is 2.04. The van der Waals surface area contributed by atoms with E-state index in [-0.39, 0.29) is 6.61 Å². The Morgan fingerprint density at radius 3 is 2.80 bits per heavy atom. The van der Waals surface area contributed by atoms with Gasteiger partial charge in [0.05, 0.1) is 6.26 Å². The van der Waals surface area contributed by atoms with Crippen molar-refractivity contribution in [1.29, 1.82) is 0 Å². The SMILES string of the molecule is O=C(O)C1(OCc2ccco2)CCCC1. The third-order valence-corrected chi connectivity index (χ3v) is 2.87. The zero-order chi connectivity index (χ0) is 10.7. The number of carboxylic acids is 1. The quantitative estimate of drug-likeness (QED) is 0.827. The van der Waals surface area contributed by atoms with Crippen molar-refractivity contribution in [1.82, 2.24) is 0 Å². The first-order valence-corrected chi connectivity index (χ1v) is 5.13. The van der Waals surface area contributed by atoms with E-state index in [1.54, 1.807) is 18.4 Å². The molecule has 0 aliphatic heterocycles. The summed E-state index contributed by atoms with van der Waals surface area (Å²) in [5.41, 5.74) is -0.979. The van der Waals surface area contributed by atoms with E-state index in [1.165, 1.54) is 0 Å². The lowest BCUT2D eigenvalue weighted by Crippen LogP contribution is -2.38. The number of rotatable bonds is 4. The third-order valence-electron chi connectivity index (χ3n) is 2.87. The van der Waals surface area contributed by atoms with Gasteiger partial charge < -0.3 is 14.3 Å². The summed E-state index contributed by atoms with van der Waals surface area (Å²) in [6, 6.07) is 3.55. The number of ether oxygens (including phenoxy) is 1. The van der Waals surface area contributed by atoms with Gasteiger partial charge in [-0.1, -0.05) is 0 Å². The number of carboxylic acid groups (broad SMARTS) is 1. The van der Waals surface area contributed by atoms with Gasteiger partial charge in [-0.15, -0.1) is 0 Å². The largest absolute Gasteiger partial charge is 0.479 e. The van der Waals surface area contributed by atoms with Crippen molar-refractivity contribution in [3.05, 3.63) is 24.2 Å². The first-order chi connectivity index (χ1) is 7.23. The second kappa shape index (κ2) is 4.06. The van der Waals surface area contributed by atoms with Crippen LogP contribution < -0.4 is 0 Å². The Bertz CT molecular complexity index is 322. The Kier molecular flexibility index (Phi) is 2.77. The van der Waals surface area contributed by atoms with Crippen molar-refractivity contribution in [2.45, 2.75) is 37.9 Å². The Labute approximate surface area is 87.8 Å². The van der Waals surface area contributed by atoms with E-state index in [2.05, 4.69) is 0 Å². The van der Waals surface area contributed by atoms with Crippen LogP contribution in [0.25, 0.3) is 0 Å². The monoisotopic (exact) mass is 210 g/mol. The second-order valence-corrected chi connectivity index (χ2v) is 3.87. The molecular weight excluding hydrogens is 196 g/mol. The van der Waals surface area contributed by atoms with Crippen LogP contribution in [0.3, 0.4) is 0 Å². The minimum absolute atomic E-state index is 0.235. The molecule has 0 aromatic carbocycles. The maximum atomic E-state index is 11.1. The summed E-state index contributed by atoms with van der Waals surface area (Å²) in [7, 11) is 0. The molecule has 0 unspecified atom stereocenters. The maximum absolute atomic E-state index is 11.1. The fraction of sp³-hybridized carbons (Fsp3) is 0.545. The van der Waals surface area contributed by atoms with Crippen LogP contribution in [-0.2, 0) is 16.1 Å². The normalized spacial score (nSPS) is 19.2. The Hall–Kier alpha value is -1.29. The van der Waals surface area contributed by atoms with Gasteiger partial charge in [-0.05, 0) is 37.8 Å². The highest BCUT2D eigenvalue weighted by molar-refractivity contribution is 5.77. The predicted molar refractivity (Wildman–Crippen MR) is 52.3 cm³/mol. The lowest BCUT2D eigenvalue weighted by atomic mass is 10.0. The highest BCUT2D eigenvalue weighted by Gasteiger charge is 2.42. The molecule has 0 atom stereocenters. The van der Waals surface area contributed by atoms with Gasteiger partial charge in [-0.25, -0.2) is 4.79 Å². The molecule has 0 saturated heterocycles. The highest BCUT2D eigenvalue weighted by Crippen LogP contribution is 2.34. The van der Waals surface area contributed by atoms with Gasteiger partial charge in [0.2, 0.25) is 0 Å². The summed E-state index contributed by atoms with van der Waals surface area (Å²) in [6.07, 6.45) is 4.60. The summed E-state index contributed by atoms with van der Waals surface area (Å²) in [4.78, 5) is 11.1. The molecule has 2 rings (SSSR count). The van der Waals surface area contributed by atoms with E-state index in [9.17, 15) is 4.79 Å². The average Bonchev–Trinajstić information content (AvgIpc) is 2.87. The molecule has 15 heavy (non-hydrogen) atoms. The minimum atomic E-state index is -0.979. The molecule has 1 saturated carbocycles. The lowest BCUT2D eigenvalue weighted by molar-refractivity contribution is -0.167. The van der Waals surface area contributed by atoms with Crippen LogP contribution >= 0.6 is 0 Å². The van der Waals surface area contributed by atoms with E-state index < -0.39 is 11.6 Å². The van der Waals surface area contributed by atoms with E-state index in [4.69, 9.17) is 14.3 Å². The van der Waals surface area contributed by atoms with Crippen LogP contribution in [0.4, 0.5) is 0 Å². The van der Waals surface area contributed by atoms with Gasteiger partial charge >= 0.3 is 5.97 Å². The zero-order valence-electron chi connectivity index (χ0n) is 8.44. The van der Waals surface area contributed by atoms with Gasteiger partial charge in [-0.3, -0.25) is 0 Å². The van der Waals surface area contributed by atoms with E-state index in [0.29, 0.717) is 18.6 Å². The standard InChI is InChI=1S/C11H14O4/c12-10(13)11(5-1-2-6-11)15-8-9-4-3-7-14-9/h3-4,7H,1-2,5-6,8H2,(H,12,13). The smallest absolute Gasteiger partial charge is 0.335 e. The zero-order valence-corrected chi connectivity index (χ0v) is 8.44. The fourth-order valence-corrected chi connectivity index (χ4v) is 1.97. The number of hydrogen-bond donors (Lipinski definition) is 1. The van der Waals surface area contributed by atoms with Crippen molar-refractivity contribution >= 4 is 5.97 Å². The molecule has 1 aliphatic carbocycles. The van der Waals surface area contributed by atoms with E-state index >= 15 is 0 Å². The van der Waals surface area contributed by atoms with Crippen LogP contribution in [-0.4, -0.2) is 16.7 Å². The van der Waals surface area contributed by atoms with Gasteiger partial charge in [0.15, 0.2) is 5.60 Å². The van der Waals surface area contributed by atoms with Crippen LogP contribution in [0.1, 0.15) is 31.4 Å². The van der Waals surface area contributed by atoms with Crippen LogP contribution in [0.15, 0.2) is 22.8 Å². The number of hydrogen-bond acceptors (Lipinski definition) is 3. The highest BCUT2D eigenvalue weighted by atomic mass is 16.5. The van der Waals surface area contributed by atoms with E-state index in [1.807, 2.05) is 0 Å². The molecule has 0 amide bonds. The molecule has 0 spiro atoms. The Morgan fingerprint density at radius 2 is 2.27 bits per heavy atom. The van der Waals surface area contributed by atoms with Crippen LogP contribution in [0.2, 0.25) is 0 Å². The summed E-state index contributed by atoms with van der Waals surface area (Å²) in [6.45, 7) is 0.235. The van der Waals surface area contributed by atoms with E-state index in [0.717, 1.165) is 12.8 Å². The summed E-state index contributed by atoms with van der Waals surface area (Å²) in [5.74, 6) is -0.186. The van der Waals surface area contributed by atoms with Gasteiger partial charge in [0.25, 0.3) is 0 Å². The summed E-state index contributed by atoms with van der Waals surface area (Å²) < 4.78 is 10.6. The first-order valence-electron chi connectivity index (χ1n) is 5.13. The Balaban J connectivity index is 1.99. The molecule has 0 bridgehead atoms. The fourth-order valence-electron chi connectivity index (χ4n) is 1.97. The Morgan fingerprint density at radius 1 is 1.53 bits per heavy atom. The van der Waals surface area contributed by atoms with Crippen molar-refractivity contribution in [3.8, 4) is 0 Å². The van der Waals surface area contributed by atoms with Gasteiger partial charge in [0.1, 0.15) is 12.4 Å². The number of carbonyl (C=O) groups is 1. The van der Waals surface area contributed by atoms with Gasteiger partial charge in [0, 0.05) is 0 Å². The molecule has 0 radical (unpaired) electrons. The number of aliphatic carboxylic acids is 1. The molecule has 1 aromatic rings. The maximum Gasteiger partial charge on any atom is 0.335 e. The average molecular weight is 210 g/mol. The topological polar surface area (TPSA) is 59.7 Å². The molecular formula is C11H14O4. The predicted octanol–water partition coefficient (Wildman–Crippen LogP) is 2.19. The summed E-state index contributed by atoms with van der Waals surface area (Å²) in [5, 5.41) is 9.14. The molecule has 4 nitrogen and oxygen atoms in total. The van der Waals surface area contributed by atoms with Crippen molar-refractivity contribution in [2.75, 3.05) is 0 Å². The molecule has 1 aliphatic rings. The second-order valence-electron chi connectivity index (χ2n) is 3.87. The molecule has 1 fully saturated rings. The first kappa shape index (κ1) is 10.2. The van der Waals surface area contributed by atoms with Crippen molar-refractivity contribution < 1.29 is 19.1 Å². The lowest BCUT2D eigenvalue weighted by Gasteiger charge is -2.23. The molecule has 1 aromatic heterocycles. The minimum Gasteiger partial charge on any atom is -0.479 e. The molecule has 4 heteroatoms. The molecule has 1 N–H and O–H groups in total.